The molecule has 0 radical (unpaired) electrons. The Kier molecular flexibility index (Phi) is 5.56. The molecule has 0 aliphatic rings. The molecule has 1 atom stereocenters. The summed E-state index contributed by atoms with van der Waals surface area (Å²) in [5.41, 5.74) is 7.19. The maximum Gasteiger partial charge on any atom is 0.128 e. The van der Waals surface area contributed by atoms with Crippen LogP contribution >= 0.6 is 11.3 Å². The molecular weight excluding hydrogens is 266 g/mol. The molecule has 0 fully saturated rings. The van der Waals surface area contributed by atoms with E-state index in [9.17, 15) is 0 Å². The van der Waals surface area contributed by atoms with E-state index in [2.05, 4.69) is 53.5 Å². The lowest BCUT2D eigenvalue weighted by Gasteiger charge is -2.18. The molecule has 108 valence electrons. The van der Waals surface area contributed by atoms with Gasteiger partial charge in [-0.25, -0.2) is 4.98 Å². The minimum atomic E-state index is 0.235. The molecule has 0 aliphatic heterocycles. The van der Waals surface area contributed by atoms with Crippen LogP contribution in [0.2, 0.25) is 0 Å². The number of hydrogen-bond acceptors (Lipinski definition) is 4. The van der Waals surface area contributed by atoms with Gasteiger partial charge in [0.2, 0.25) is 0 Å². The molecule has 0 aromatic carbocycles. The predicted octanol–water partition coefficient (Wildman–Crippen LogP) is 3.10. The molecule has 0 saturated heterocycles. The van der Waals surface area contributed by atoms with Gasteiger partial charge in [-0.2, -0.15) is 0 Å². The molecule has 0 spiro atoms. The second kappa shape index (κ2) is 7.41. The third-order valence-corrected chi connectivity index (χ3v) is 4.43. The second-order valence-corrected chi connectivity index (χ2v) is 6.18. The van der Waals surface area contributed by atoms with E-state index in [4.69, 9.17) is 5.73 Å². The molecular formula is C16H23N3S. The summed E-state index contributed by atoms with van der Waals surface area (Å²) < 4.78 is 0. The fourth-order valence-corrected chi connectivity index (χ4v) is 2.76. The van der Waals surface area contributed by atoms with Crippen LogP contribution in [0.1, 0.15) is 23.8 Å². The van der Waals surface area contributed by atoms with Gasteiger partial charge in [-0.3, -0.25) is 0 Å². The third kappa shape index (κ3) is 4.32. The van der Waals surface area contributed by atoms with E-state index < -0.39 is 0 Å². The van der Waals surface area contributed by atoms with E-state index in [0.717, 1.165) is 31.6 Å². The minimum Gasteiger partial charge on any atom is -0.359 e. The topological polar surface area (TPSA) is 42.1 Å². The fourth-order valence-electron chi connectivity index (χ4n) is 2.06. The molecule has 2 heterocycles. The summed E-state index contributed by atoms with van der Waals surface area (Å²) in [6.45, 7) is 3.10. The van der Waals surface area contributed by atoms with Gasteiger partial charge in [0.15, 0.2) is 0 Å². The molecule has 0 aliphatic carbocycles. The standard InChI is InChI=1S/C16H23N3S/c1-3-14(17)11-13-6-7-16(18-12-13)19(2)9-8-15-5-4-10-20-15/h4-7,10,12,14H,3,8-9,11,17H2,1-2H3. The average molecular weight is 289 g/mol. The highest BCUT2D eigenvalue weighted by Gasteiger charge is 2.05. The van der Waals surface area contributed by atoms with Gasteiger partial charge in [-0.05, 0) is 42.3 Å². The van der Waals surface area contributed by atoms with Gasteiger partial charge in [-0.15, -0.1) is 11.3 Å². The van der Waals surface area contributed by atoms with Crippen LogP contribution in [-0.2, 0) is 12.8 Å². The molecule has 2 aromatic rings. The zero-order chi connectivity index (χ0) is 14.4. The Morgan fingerprint density at radius 3 is 2.80 bits per heavy atom. The quantitative estimate of drug-likeness (QED) is 0.851. The second-order valence-electron chi connectivity index (χ2n) is 5.15. The predicted molar refractivity (Wildman–Crippen MR) is 87.5 cm³/mol. The van der Waals surface area contributed by atoms with Crippen molar-refractivity contribution in [2.75, 3.05) is 18.5 Å². The Morgan fingerprint density at radius 2 is 2.20 bits per heavy atom. The number of pyridine rings is 1. The fraction of sp³-hybridized carbons (Fsp3) is 0.438. The van der Waals surface area contributed by atoms with Crippen LogP contribution in [0.5, 0.6) is 0 Å². The first-order chi connectivity index (χ1) is 9.69. The Morgan fingerprint density at radius 1 is 1.35 bits per heavy atom. The Balaban J connectivity index is 1.88. The van der Waals surface area contributed by atoms with Crippen molar-refractivity contribution in [1.82, 2.24) is 4.98 Å². The lowest BCUT2D eigenvalue weighted by molar-refractivity contribution is 0.645. The molecule has 0 saturated carbocycles. The van der Waals surface area contributed by atoms with Crippen molar-refractivity contribution in [2.24, 2.45) is 5.73 Å². The van der Waals surface area contributed by atoms with Crippen molar-refractivity contribution in [3.8, 4) is 0 Å². The Labute approximate surface area is 125 Å². The van der Waals surface area contributed by atoms with Crippen molar-refractivity contribution < 1.29 is 0 Å². The molecule has 2 N–H and O–H groups in total. The van der Waals surface area contributed by atoms with Gasteiger partial charge in [0.25, 0.3) is 0 Å². The molecule has 3 nitrogen and oxygen atoms in total. The largest absolute Gasteiger partial charge is 0.359 e. The molecule has 4 heteroatoms. The normalized spacial score (nSPS) is 12.3. The van der Waals surface area contributed by atoms with Crippen molar-refractivity contribution >= 4 is 17.2 Å². The summed E-state index contributed by atoms with van der Waals surface area (Å²) in [5.74, 6) is 1.02. The monoisotopic (exact) mass is 289 g/mol. The van der Waals surface area contributed by atoms with Crippen molar-refractivity contribution in [3.05, 3.63) is 46.3 Å². The molecule has 0 bridgehead atoms. The smallest absolute Gasteiger partial charge is 0.128 e. The van der Waals surface area contributed by atoms with Crippen LogP contribution in [0.25, 0.3) is 0 Å². The van der Waals surface area contributed by atoms with E-state index >= 15 is 0 Å². The average Bonchev–Trinajstić information content (AvgIpc) is 2.98. The third-order valence-electron chi connectivity index (χ3n) is 3.50. The van der Waals surface area contributed by atoms with Crippen molar-refractivity contribution in [3.63, 3.8) is 0 Å². The summed E-state index contributed by atoms with van der Waals surface area (Å²) in [5, 5.41) is 2.12. The van der Waals surface area contributed by atoms with Crippen LogP contribution < -0.4 is 10.6 Å². The van der Waals surface area contributed by atoms with Crippen molar-refractivity contribution in [1.29, 1.82) is 0 Å². The Hall–Kier alpha value is -1.39. The summed E-state index contributed by atoms with van der Waals surface area (Å²) in [6.07, 6.45) is 4.93. The number of rotatable bonds is 7. The number of anilines is 1. The lowest BCUT2D eigenvalue weighted by Crippen LogP contribution is -2.22. The summed E-state index contributed by atoms with van der Waals surface area (Å²) in [4.78, 5) is 8.16. The van der Waals surface area contributed by atoms with Gasteiger partial charge in [0, 0.05) is 30.7 Å². The summed E-state index contributed by atoms with van der Waals surface area (Å²) >= 11 is 1.81. The number of likely N-dealkylation sites (N-methyl/N-ethyl adjacent to an activating group) is 1. The lowest BCUT2D eigenvalue weighted by atomic mass is 10.1. The summed E-state index contributed by atoms with van der Waals surface area (Å²) in [6, 6.07) is 8.75. The zero-order valence-corrected chi connectivity index (χ0v) is 13.1. The van der Waals surface area contributed by atoms with Crippen molar-refractivity contribution in [2.45, 2.75) is 32.2 Å². The highest BCUT2D eigenvalue weighted by Crippen LogP contribution is 2.14. The SMILES string of the molecule is CCC(N)Cc1ccc(N(C)CCc2cccs2)nc1. The molecule has 1 unspecified atom stereocenters. The number of nitrogens with two attached hydrogens (primary N) is 1. The first-order valence-corrected chi connectivity index (χ1v) is 8.01. The zero-order valence-electron chi connectivity index (χ0n) is 12.2. The van der Waals surface area contributed by atoms with E-state index in [1.165, 1.54) is 10.4 Å². The molecule has 2 aromatic heterocycles. The highest BCUT2D eigenvalue weighted by molar-refractivity contribution is 7.09. The van der Waals surface area contributed by atoms with Gasteiger partial charge >= 0.3 is 0 Å². The molecule has 20 heavy (non-hydrogen) atoms. The maximum absolute atomic E-state index is 5.97. The number of hydrogen-bond donors (Lipinski definition) is 1. The van der Waals surface area contributed by atoms with E-state index in [-0.39, 0.29) is 6.04 Å². The summed E-state index contributed by atoms with van der Waals surface area (Å²) in [7, 11) is 2.09. The van der Waals surface area contributed by atoms with Crippen LogP contribution in [0.4, 0.5) is 5.82 Å². The Bertz CT molecular complexity index is 493. The number of aromatic nitrogens is 1. The van der Waals surface area contributed by atoms with Crippen LogP contribution in [0, 0.1) is 0 Å². The highest BCUT2D eigenvalue weighted by atomic mass is 32.1. The molecule has 2 rings (SSSR count). The first-order valence-electron chi connectivity index (χ1n) is 7.13. The minimum absolute atomic E-state index is 0.235. The number of thiophene rings is 1. The van der Waals surface area contributed by atoms with Crippen LogP contribution in [-0.4, -0.2) is 24.6 Å². The first kappa shape index (κ1) is 15.0. The van der Waals surface area contributed by atoms with Gasteiger partial charge in [0.1, 0.15) is 5.82 Å². The van der Waals surface area contributed by atoms with Crippen LogP contribution in [0.15, 0.2) is 35.8 Å². The van der Waals surface area contributed by atoms with Gasteiger partial charge < -0.3 is 10.6 Å². The molecule has 0 amide bonds. The number of nitrogens with zero attached hydrogens (tertiary/aromatic N) is 2. The maximum atomic E-state index is 5.97. The van der Waals surface area contributed by atoms with Crippen LogP contribution in [0.3, 0.4) is 0 Å². The van der Waals surface area contributed by atoms with E-state index in [1.54, 1.807) is 0 Å². The van der Waals surface area contributed by atoms with Gasteiger partial charge in [0.05, 0.1) is 0 Å². The van der Waals surface area contributed by atoms with E-state index in [0.29, 0.717) is 0 Å². The van der Waals surface area contributed by atoms with Gasteiger partial charge in [-0.1, -0.05) is 19.1 Å². The van der Waals surface area contributed by atoms with E-state index in [1.807, 2.05) is 17.5 Å².